The fourth-order valence-electron chi connectivity index (χ4n) is 2.03. The van der Waals surface area contributed by atoms with E-state index in [2.05, 4.69) is 26.3 Å². The maximum absolute atomic E-state index is 5.25. The van der Waals surface area contributed by atoms with Gasteiger partial charge in [0.1, 0.15) is 0 Å². The molecule has 1 saturated carbocycles. The number of nitrogens with zero attached hydrogens (tertiary/aromatic N) is 2. The SMILES string of the molecule is COC1CC(NCc2cn3ccsc3n2)C1. The summed E-state index contributed by atoms with van der Waals surface area (Å²) >= 11 is 1.67. The van der Waals surface area contributed by atoms with E-state index in [1.807, 2.05) is 6.20 Å². The minimum Gasteiger partial charge on any atom is -0.381 e. The molecule has 4 nitrogen and oxygen atoms in total. The first-order valence-electron chi connectivity index (χ1n) is 5.52. The fourth-order valence-corrected chi connectivity index (χ4v) is 2.75. The molecule has 2 aromatic rings. The highest BCUT2D eigenvalue weighted by Gasteiger charge is 2.28. The molecule has 1 aliphatic rings. The summed E-state index contributed by atoms with van der Waals surface area (Å²) in [7, 11) is 1.78. The first-order chi connectivity index (χ1) is 7.85. The van der Waals surface area contributed by atoms with Crippen molar-refractivity contribution in [2.45, 2.75) is 31.5 Å². The average Bonchev–Trinajstić information content (AvgIpc) is 2.75. The van der Waals surface area contributed by atoms with Gasteiger partial charge in [-0.2, -0.15) is 0 Å². The van der Waals surface area contributed by atoms with Crippen molar-refractivity contribution in [1.82, 2.24) is 14.7 Å². The van der Waals surface area contributed by atoms with Gasteiger partial charge in [-0.1, -0.05) is 0 Å². The summed E-state index contributed by atoms with van der Waals surface area (Å²) in [6.45, 7) is 0.857. The highest BCUT2D eigenvalue weighted by Crippen LogP contribution is 2.22. The largest absolute Gasteiger partial charge is 0.381 e. The Morgan fingerprint density at radius 3 is 3.25 bits per heavy atom. The lowest BCUT2D eigenvalue weighted by molar-refractivity contribution is 0.0169. The summed E-state index contributed by atoms with van der Waals surface area (Å²) in [5.74, 6) is 0. The summed E-state index contributed by atoms with van der Waals surface area (Å²) in [4.78, 5) is 5.60. The minimum atomic E-state index is 0.461. The molecule has 16 heavy (non-hydrogen) atoms. The maximum atomic E-state index is 5.25. The normalized spacial score (nSPS) is 24.8. The molecule has 0 radical (unpaired) electrons. The zero-order chi connectivity index (χ0) is 11.0. The third-order valence-electron chi connectivity index (χ3n) is 3.14. The van der Waals surface area contributed by atoms with Gasteiger partial charge in [0.2, 0.25) is 0 Å². The number of rotatable bonds is 4. The average molecular weight is 237 g/mol. The molecule has 86 valence electrons. The molecule has 0 saturated heterocycles. The van der Waals surface area contributed by atoms with Crippen LogP contribution in [0.4, 0.5) is 0 Å². The first kappa shape index (κ1) is 10.3. The third kappa shape index (κ3) is 1.86. The maximum Gasteiger partial charge on any atom is 0.193 e. The Bertz CT molecular complexity index is 444. The van der Waals surface area contributed by atoms with Crippen LogP contribution in [0.3, 0.4) is 0 Å². The number of fused-ring (bicyclic) bond motifs is 1. The predicted molar refractivity (Wildman–Crippen MR) is 63.7 cm³/mol. The molecule has 2 heterocycles. The Hall–Kier alpha value is -0.910. The number of nitrogens with one attached hydrogen (secondary N) is 1. The second-order valence-electron chi connectivity index (χ2n) is 4.23. The highest BCUT2D eigenvalue weighted by atomic mass is 32.1. The van der Waals surface area contributed by atoms with Crippen molar-refractivity contribution in [3.63, 3.8) is 0 Å². The molecule has 0 unspecified atom stereocenters. The van der Waals surface area contributed by atoms with E-state index in [0.29, 0.717) is 12.1 Å². The molecule has 0 atom stereocenters. The molecule has 0 amide bonds. The zero-order valence-electron chi connectivity index (χ0n) is 9.22. The Balaban J connectivity index is 1.54. The van der Waals surface area contributed by atoms with Gasteiger partial charge in [0.25, 0.3) is 0 Å². The highest BCUT2D eigenvalue weighted by molar-refractivity contribution is 7.15. The number of hydrogen-bond donors (Lipinski definition) is 1. The van der Waals surface area contributed by atoms with Crippen molar-refractivity contribution in [2.75, 3.05) is 7.11 Å². The molecule has 1 fully saturated rings. The van der Waals surface area contributed by atoms with Gasteiger partial charge in [0.15, 0.2) is 4.96 Å². The van der Waals surface area contributed by atoms with Crippen molar-refractivity contribution in [3.8, 4) is 0 Å². The number of methoxy groups -OCH3 is 1. The Morgan fingerprint density at radius 1 is 1.62 bits per heavy atom. The van der Waals surface area contributed by atoms with Crippen molar-refractivity contribution in [1.29, 1.82) is 0 Å². The number of aromatic nitrogens is 2. The number of hydrogen-bond acceptors (Lipinski definition) is 4. The molecule has 0 spiro atoms. The summed E-state index contributed by atoms with van der Waals surface area (Å²) in [6.07, 6.45) is 6.84. The number of ether oxygens (including phenoxy) is 1. The van der Waals surface area contributed by atoms with E-state index < -0.39 is 0 Å². The van der Waals surface area contributed by atoms with Gasteiger partial charge < -0.3 is 10.1 Å². The monoisotopic (exact) mass is 237 g/mol. The quantitative estimate of drug-likeness (QED) is 0.879. The van der Waals surface area contributed by atoms with Gasteiger partial charge in [-0.15, -0.1) is 11.3 Å². The number of imidazole rings is 1. The molecular weight excluding hydrogens is 222 g/mol. The Morgan fingerprint density at radius 2 is 2.50 bits per heavy atom. The Kier molecular flexibility index (Phi) is 2.67. The van der Waals surface area contributed by atoms with E-state index in [-0.39, 0.29) is 0 Å². The topological polar surface area (TPSA) is 38.6 Å². The van der Waals surface area contributed by atoms with Crippen LogP contribution in [0, 0.1) is 0 Å². The first-order valence-corrected chi connectivity index (χ1v) is 6.40. The molecule has 3 rings (SSSR count). The molecule has 0 aromatic carbocycles. The van der Waals surface area contributed by atoms with Crippen LogP contribution >= 0.6 is 11.3 Å². The molecular formula is C11H15N3OS. The van der Waals surface area contributed by atoms with E-state index in [1.54, 1.807) is 18.4 Å². The van der Waals surface area contributed by atoms with E-state index in [1.165, 1.54) is 0 Å². The second kappa shape index (κ2) is 4.16. The van der Waals surface area contributed by atoms with Crippen LogP contribution in [-0.4, -0.2) is 28.6 Å². The summed E-state index contributed by atoms with van der Waals surface area (Å²) in [5, 5.41) is 5.55. The lowest BCUT2D eigenvalue weighted by Crippen LogP contribution is -2.44. The lowest BCUT2D eigenvalue weighted by Gasteiger charge is -2.34. The minimum absolute atomic E-state index is 0.461. The van der Waals surface area contributed by atoms with Crippen molar-refractivity contribution >= 4 is 16.3 Å². The van der Waals surface area contributed by atoms with E-state index in [0.717, 1.165) is 30.0 Å². The van der Waals surface area contributed by atoms with E-state index in [4.69, 9.17) is 4.74 Å². The number of thiazole rings is 1. The summed E-state index contributed by atoms with van der Waals surface area (Å²) in [6, 6.07) is 0.602. The molecule has 1 N–H and O–H groups in total. The van der Waals surface area contributed by atoms with Gasteiger partial charge in [-0.05, 0) is 12.8 Å². The van der Waals surface area contributed by atoms with Crippen molar-refractivity contribution in [2.24, 2.45) is 0 Å². The fraction of sp³-hybridized carbons (Fsp3) is 0.545. The van der Waals surface area contributed by atoms with Crippen LogP contribution in [0.5, 0.6) is 0 Å². The van der Waals surface area contributed by atoms with Gasteiger partial charge in [0, 0.05) is 37.5 Å². The van der Waals surface area contributed by atoms with Crippen LogP contribution in [0.2, 0.25) is 0 Å². The summed E-state index contributed by atoms with van der Waals surface area (Å²) in [5.41, 5.74) is 1.12. The lowest BCUT2D eigenvalue weighted by atomic mass is 9.89. The third-order valence-corrected chi connectivity index (χ3v) is 3.91. The molecule has 2 aromatic heterocycles. The van der Waals surface area contributed by atoms with Crippen molar-refractivity contribution < 1.29 is 4.74 Å². The van der Waals surface area contributed by atoms with Gasteiger partial charge in [0.05, 0.1) is 11.8 Å². The molecule has 5 heteroatoms. The second-order valence-corrected chi connectivity index (χ2v) is 5.11. The van der Waals surface area contributed by atoms with Crippen LogP contribution in [0.1, 0.15) is 18.5 Å². The smallest absolute Gasteiger partial charge is 0.193 e. The standard InChI is InChI=1S/C11H15N3OS/c1-15-10-4-8(5-10)12-6-9-7-14-2-3-16-11(14)13-9/h2-3,7-8,10,12H,4-6H2,1H3. The summed E-state index contributed by atoms with van der Waals surface area (Å²) < 4.78 is 7.32. The van der Waals surface area contributed by atoms with E-state index in [9.17, 15) is 0 Å². The molecule has 1 aliphatic carbocycles. The van der Waals surface area contributed by atoms with Crippen LogP contribution in [-0.2, 0) is 11.3 Å². The molecule has 0 bridgehead atoms. The van der Waals surface area contributed by atoms with E-state index >= 15 is 0 Å². The van der Waals surface area contributed by atoms with Crippen LogP contribution in [0.25, 0.3) is 4.96 Å². The van der Waals surface area contributed by atoms with Crippen LogP contribution < -0.4 is 5.32 Å². The van der Waals surface area contributed by atoms with Gasteiger partial charge >= 0.3 is 0 Å². The molecule has 0 aliphatic heterocycles. The Labute approximate surface area is 98.3 Å². The van der Waals surface area contributed by atoms with Crippen LogP contribution in [0.15, 0.2) is 17.8 Å². The van der Waals surface area contributed by atoms with Gasteiger partial charge in [-0.25, -0.2) is 4.98 Å². The van der Waals surface area contributed by atoms with Crippen molar-refractivity contribution in [3.05, 3.63) is 23.5 Å². The van der Waals surface area contributed by atoms with Gasteiger partial charge in [-0.3, -0.25) is 4.40 Å². The zero-order valence-corrected chi connectivity index (χ0v) is 10.0. The predicted octanol–water partition coefficient (Wildman–Crippen LogP) is 1.66.